The van der Waals surface area contributed by atoms with E-state index >= 15 is 0 Å². The topological polar surface area (TPSA) is 84.6 Å². The van der Waals surface area contributed by atoms with E-state index in [-0.39, 0.29) is 10.6 Å². The van der Waals surface area contributed by atoms with Crippen molar-refractivity contribution >= 4 is 33.1 Å². The molecule has 1 aliphatic rings. The lowest BCUT2D eigenvalue weighted by Gasteiger charge is -2.22. The molecule has 0 unspecified atom stereocenters. The third kappa shape index (κ3) is 5.16. The fourth-order valence-corrected chi connectivity index (χ4v) is 5.02. The molecule has 2 aromatic carbocycles. The van der Waals surface area contributed by atoms with E-state index in [1.165, 1.54) is 11.6 Å². The highest BCUT2D eigenvalue weighted by atomic mass is 32.1. The summed E-state index contributed by atoms with van der Waals surface area (Å²) in [6.45, 7) is 4.26. The number of rotatable bonds is 7. The van der Waals surface area contributed by atoms with Crippen LogP contribution in [-0.2, 0) is 6.42 Å². The largest absolute Gasteiger partial charge is 0.431 e. The third-order valence-electron chi connectivity index (χ3n) is 5.97. The molecular formula is C25H25N5O3S. The van der Waals surface area contributed by atoms with E-state index < -0.39 is 0 Å². The number of thiazole rings is 1. The van der Waals surface area contributed by atoms with Gasteiger partial charge < -0.3 is 14.5 Å². The number of aromatic nitrogens is 2. The molecule has 0 aliphatic carbocycles. The Morgan fingerprint density at radius 3 is 2.68 bits per heavy atom. The second kappa shape index (κ2) is 10.1. The molecule has 0 saturated carbocycles. The van der Waals surface area contributed by atoms with Gasteiger partial charge in [0.15, 0.2) is 0 Å². The molecule has 0 bridgehead atoms. The predicted molar refractivity (Wildman–Crippen MR) is 134 cm³/mol. The molecule has 1 fully saturated rings. The second-order valence-electron chi connectivity index (χ2n) is 8.23. The minimum absolute atomic E-state index is 0.0732. The van der Waals surface area contributed by atoms with E-state index in [0.717, 1.165) is 61.5 Å². The standard InChI is InChI=1S/C25H25N5O3S/c31-30(32)22-6-3-13-26-24(22)29-15-4-14-28(17-18-29)16-12-19-8-10-20(11-9-19)33-25-27-21-5-1-2-7-23(21)34-25/h1-3,5-11,13H,4,12,14-18H2. The van der Waals surface area contributed by atoms with Crippen LogP contribution in [0.5, 0.6) is 10.9 Å². The van der Waals surface area contributed by atoms with Crippen LogP contribution in [0.15, 0.2) is 66.9 Å². The lowest BCUT2D eigenvalue weighted by Crippen LogP contribution is -2.32. The molecule has 0 N–H and O–H groups in total. The van der Waals surface area contributed by atoms with Gasteiger partial charge in [-0.15, -0.1) is 0 Å². The minimum Gasteiger partial charge on any atom is -0.431 e. The van der Waals surface area contributed by atoms with Gasteiger partial charge >= 0.3 is 5.69 Å². The Morgan fingerprint density at radius 1 is 1.00 bits per heavy atom. The molecular weight excluding hydrogens is 450 g/mol. The molecule has 4 aromatic rings. The Kier molecular flexibility index (Phi) is 6.64. The van der Waals surface area contributed by atoms with Crippen LogP contribution in [0.1, 0.15) is 12.0 Å². The fraction of sp³-hybridized carbons (Fsp3) is 0.280. The van der Waals surface area contributed by atoms with Crippen molar-refractivity contribution in [1.82, 2.24) is 14.9 Å². The van der Waals surface area contributed by atoms with Crippen molar-refractivity contribution in [3.63, 3.8) is 0 Å². The Bertz CT molecular complexity index is 1240. The maximum Gasteiger partial charge on any atom is 0.311 e. The van der Waals surface area contributed by atoms with Crippen LogP contribution < -0.4 is 9.64 Å². The Hall–Kier alpha value is -3.56. The molecule has 1 aliphatic heterocycles. The zero-order chi connectivity index (χ0) is 23.3. The number of nitro groups is 1. The van der Waals surface area contributed by atoms with Crippen molar-refractivity contribution in [2.45, 2.75) is 12.8 Å². The van der Waals surface area contributed by atoms with Crippen LogP contribution in [0.2, 0.25) is 0 Å². The number of hydrogen-bond donors (Lipinski definition) is 0. The number of fused-ring (bicyclic) bond motifs is 1. The van der Waals surface area contributed by atoms with Gasteiger partial charge in [-0.3, -0.25) is 10.1 Å². The average molecular weight is 476 g/mol. The van der Waals surface area contributed by atoms with Crippen molar-refractivity contribution in [3.05, 3.63) is 82.5 Å². The zero-order valence-corrected chi connectivity index (χ0v) is 19.5. The summed E-state index contributed by atoms with van der Waals surface area (Å²) in [6.07, 6.45) is 3.50. The molecule has 8 nitrogen and oxygen atoms in total. The van der Waals surface area contributed by atoms with E-state index in [1.807, 2.05) is 41.3 Å². The number of pyridine rings is 1. The van der Waals surface area contributed by atoms with Crippen molar-refractivity contribution in [3.8, 4) is 10.9 Å². The van der Waals surface area contributed by atoms with Gasteiger partial charge in [0.05, 0.1) is 15.1 Å². The van der Waals surface area contributed by atoms with Crippen LogP contribution in [0.3, 0.4) is 0 Å². The minimum atomic E-state index is -0.352. The molecule has 2 aromatic heterocycles. The molecule has 174 valence electrons. The first-order chi connectivity index (χ1) is 16.7. The van der Waals surface area contributed by atoms with Gasteiger partial charge in [0.25, 0.3) is 5.19 Å². The number of anilines is 1. The molecule has 0 radical (unpaired) electrons. The Balaban J connectivity index is 1.14. The van der Waals surface area contributed by atoms with Crippen LogP contribution in [0.25, 0.3) is 10.2 Å². The van der Waals surface area contributed by atoms with Crippen LogP contribution in [0, 0.1) is 10.1 Å². The van der Waals surface area contributed by atoms with Crippen LogP contribution >= 0.6 is 11.3 Å². The molecule has 3 heterocycles. The fourth-order valence-electron chi connectivity index (χ4n) is 4.19. The number of ether oxygens (including phenoxy) is 1. The highest BCUT2D eigenvalue weighted by Crippen LogP contribution is 2.31. The first-order valence-electron chi connectivity index (χ1n) is 11.3. The monoisotopic (exact) mass is 475 g/mol. The molecule has 5 rings (SSSR count). The van der Waals surface area contributed by atoms with Crippen LogP contribution in [0.4, 0.5) is 11.5 Å². The van der Waals surface area contributed by atoms with E-state index in [1.54, 1.807) is 23.6 Å². The molecule has 0 spiro atoms. The van der Waals surface area contributed by atoms with Crippen molar-refractivity contribution in [1.29, 1.82) is 0 Å². The Labute approximate surface area is 201 Å². The summed E-state index contributed by atoms with van der Waals surface area (Å²) in [4.78, 5) is 24.3. The molecule has 0 amide bonds. The summed E-state index contributed by atoms with van der Waals surface area (Å²) in [7, 11) is 0. The summed E-state index contributed by atoms with van der Waals surface area (Å²) in [5.41, 5.74) is 2.27. The second-order valence-corrected chi connectivity index (χ2v) is 9.22. The lowest BCUT2D eigenvalue weighted by molar-refractivity contribution is -0.384. The third-order valence-corrected chi connectivity index (χ3v) is 6.88. The smallest absolute Gasteiger partial charge is 0.311 e. The number of hydrogen-bond acceptors (Lipinski definition) is 8. The number of benzene rings is 2. The van der Waals surface area contributed by atoms with Gasteiger partial charge in [0.1, 0.15) is 5.75 Å². The van der Waals surface area contributed by atoms with Crippen molar-refractivity contribution in [2.24, 2.45) is 0 Å². The van der Waals surface area contributed by atoms with E-state index in [0.29, 0.717) is 11.0 Å². The summed E-state index contributed by atoms with van der Waals surface area (Å²) >= 11 is 1.54. The van der Waals surface area contributed by atoms with E-state index in [9.17, 15) is 10.1 Å². The summed E-state index contributed by atoms with van der Waals surface area (Å²) in [5, 5.41) is 12.0. The van der Waals surface area contributed by atoms with Gasteiger partial charge in [-0.2, -0.15) is 0 Å². The van der Waals surface area contributed by atoms with E-state index in [2.05, 4.69) is 27.0 Å². The molecule has 0 atom stereocenters. The Morgan fingerprint density at radius 2 is 1.85 bits per heavy atom. The first-order valence-corrected chi connectivity index (χ1v) is 12.2. The van der Waals surface area contributed by atoms with Crippen molar-refractivity contribution in [2.75, 3.05) is 37.6 Å². The van der Waals surface area contributed by atoms with Gasteiger partial charge in [-0.1, -0.05) is 35.6 Å². The molecule has 9 heteroatoms. The zero-order valence-electron chi connectivity index (χ0n) is 18.7. The molecule has 34 heavy (non-hydrogen) atoms. The highest BCUT2D eigenvalue weighted by Gasteiger charge is 2.23. The van der Waals surface area contributed by atoms with Gasteiger partial charge in [-0.05, 0) is 55.3 Å². The summed E-state index contributed by atoms with van der Waals surface area (Å²) in [6, 6.07) is 19.3. The van der Waals surface area contributed by atoms with E-state index in [4.69, 9.17) is 4.74 Å². The summed E-state index contributed by atoms with van der Waals surface area (Å²) < 4.78 is 7.06. The summed E-state index contributed by atoms with van der Waals surface area (Å²) in [5.74, 6) is 1.25. The highest BCUT2D eigenvalue weighted by molar-refractivity contribution is 7.20. The average Bonchev–Trinajstić information content (AvgIpc) is 3.11. The van der Waals surface area contributed by atoms with Crippen molar-refractivity contribution < 1.29 is 9.66 Å². The lowest BCUT2D eigenvalue weighted by atomic mass is 10.1. The number of nitrogens with zero attached hydrogens (tertiary/aromatic N) is 5. The SMILES string of the molecule is O=[N+]([O-])c1cccnc1N1CCCN(CCc2ccc(Oc3nc4ccccc4s3)cc2)CC1. The van der Waals surface area contributed by atoms with Crippen LogP contribution in [-0.4, -0.2) is 52.5 Å². The number of para-hydroxylation sites is 1. The maximum atomic E-state index is 11.4. The first kappa shape index (κ1) is 22.2. The van der Waals surface area contributed by atoms with Gasteiger partial charge in [-0.25, -0.2) is 9.97 Å². The quantitative estimate of drug-likeness (QED) is 0.270. The van der Waals surface area contributed by atoms with Gasteiger partial charge in [0.2, 0.25) is 5.82 Å². The molecule has 1 saturated heterocycles. The van der Waals surface area contributed by atoms with Gasteiger partial charge in [0, 0.05) is 38.4 Å². The normalized spacial score (nSPS) is 14.8. The maximum absolute atomic E-state index is 11.4. The predicted octanol–water partition coefficient (Wildman–Crippen LogP) is 5.15.